The molecule has 0 spiro atoms. The molecule has 3 nitrogen and oxygen atoms in total. The molecule has 0 atom stereocenters. The van der Waals surface area contributed by atoms with Crippen LogP contribution in [0.5, 0.6) is 5.75 Å². The van der Waals surface area contributed by atoms with Gasteiger partial charge in [0, 0.05) is 11.9 Å². The Bertz CT molecular complexity index is 573. The molecule has 1 aromatic heterocycles. The van der Waals surface area contributed by atoms with Crippen molar-refractivity contribution >= 4 is 11.8 Å². The maximum absolute atomic E-state index is 8.70. The highest BCUT2D eigenvalue weighted by molar-refractivity contribution is 7.99. The number of thioether (sulfide) groups is 1. The Labute approximate surface area is 123 Å². The maximum atomic E-state index is 8.70. The highest BCUT2D eigenvalue weighted by Crippen LogP contribution is 2.17. The average molecular weight is 284 g/mol. The fraction of sp³-hybridized carbons (Fsp3) is 0.250. The monoisotopic (exact) mass is 284 g/mol. The predicted octanol–water partition coefficient (Wildman–Crippen LogP) is 3.82. The minimum atomic E-state index is 0.651. The summed E-state index contributed by atoms with van der Waals surface area (Å²) in [6.07, 6.45) is 2.84. The molecule has 102 valence electrons. The zero-order valence-electron chi connectivity index (χ0n) is 11.4. The Morgan fingerprint density at radius 1 is 1.20 bits per heavy atom. The summed E-state index contributed by atoms with van der Waals surface area (Å²) < 4.78 is 5.62. The van der Waals surface area contributed by atoms with Crippen LogP contribution in [0.2, 0.25) is 0 Å². The number of ether oxygens (including phenoxy) is 1. The fourth-order valence-corrected chi connectivity index (χ4v) is 2.35. The lowest BCUT2D eigenvalue weighted by Gasteiger charge is -2.06. The number of benzene rings is 1. The van der Waals surface area contributed by atoms with Crippen LogP contribution in [0.3, 0.4) is 0 Å². The number of nitrogens with zero attached hydrogens (tertiary/aromatic N) is 2. The second-order valence-corrected chi connectivity index (χ2v) is 5.48. The normalized spacial score (nSPS) is 10.0. The summed E-state index contributed by atoms with van der Waals surface area (Å²) in [6, 6.07) is 13.4. The topological polar surface area (TPSA) is 45.9 Å². The van der Waals surface area contributed by atoms with Crippen LogP contribution in [0.15, 0.2) is 47.6 Å². The van der Waals surface area contributed by atoms with E-state index in [1.807, 2.05) is 31.3 Å². The van der Waals surface area contributed by atoms with E-state index < -0.39 is 0 Å². The molecule has 1 heterocycles. The number of hydrogen-bond donors (Lipinski definition) is 0. The highest BCUT2D eigenvalue weighted by atomic mass is 32.2. The minimum absolute atomic E-state index is 0.651. The van der Waals surface area contributed by atoms with E-state index in [-0.39, 0.29) is 0 Å². The highest BCUT2D eigenvalue weighted by Gasteiger charge is 1.97. The van der Waals surface area contributed by atoms with E-state index in [0.717, 1.165) is 22.9 Å². The van der Waals surface area contributed by atoms with Crippen molar-refractivity contribution in [1.82, 2.24) is 4.98 Å². The predicted molar refractivity (Wildman–Crippen MR) is 81.0 cm³/mol. The minimum Gasteiger partial charge on any atom is -0.494 e. The SMILES string of the molecule is Cc1ccc(SCCCOc2ccc(C#N)cc2)nc1. The van der Waals surface area contributed by atoms with Crippen molar-refractivity contribution in [1.29, 1.82) is 5.26 Å². The van der Waals surface area contributed by atoms with Crippen molar-refractivity contribution in [3.05, 3.63) is 53.7 Å². The van der Waals surface area contributed by atoms with E-state index in [9.17, 15) is 0 Å². The number of nitriles is 1. The van der Waals surface area contributed by atoms with E-state index in [2.05, 4.69) is 17.1 Å². The zero-order valence-corrected chi connectivity index (χ0v) is 12.2. The molecule has 0 fully saturated rings. The molecule has 0 bridgehead atoms. The molecule has 0 aliphatic heterocycles. The summed E-state index contributed by atoms with van der Waals surface area (Å²) in [6.45, 7) is 2.71. The van der Waals surface area contributed by atoms with Crippen molar-refractivity contribution in [2.75, 3.05) is 12.4 Å². The summed E-state index contributed by atoms with van der Waals surface area (Å²) in [7, 11) is 0. The van der Waals surface area contributed by atoms with Crippen LogP contribution in [0.1, 0.15) is 17.5 Å². The van der Waals surface area contributed by atoms with Crippen molar-refractivity contribution in [2.45, 2.75) is 18.4 Å². The summed E-state index contributed by atoms with van der Waals surface area (Å²) in [5.74, 6) is 1.79. The Balaban J connectivity index is 1.66. The molecule has 0 unspecified atom stereocenters. The Kier molecular flexibility index (Phi) is 5.45. The first-order valence-corrected chi connectivity index (χ1v) is 7.45. The summed E-state index contributed by atoms with van der Waals surface area (Å²) in [5.41, 5.74) is 1.83. The molecule has 0 aliphatic carbocycles. The molecule has 1 aromatic carbocycles. The van der Waals surface area contributed by atoms with E-state index in [1.165, 1.54) is 5.56 Å². The fourth-order valence-electron chi connectivity index (χ4n) is 1.59. The van der Waals surface area contributed by atoms with Gasteiger partial charge in [-0.15, -0.1) is 11.8 Å². The van der Waals surface area contributed by atoms with Crippen LogP contribution < -0.4 is 4.74 Å². The zero-order chi connectivity index (χ0) is 14.2. The standard InChI is InChI=1S/C16H16N2OS/c1-13-3-8-16(18-12-13)20-10-2-9-19-15-6-4-14(11-17)5-7-15/h3-8,12H,2,9-10H2,1H3. The number of hydrogen-bond acceptors (Lipinski definition) is 4. The Hall–Kier alpha value is -1.99. The quantitative estimate of drug-likeness (QED) is 0.597. The van der Waals surface area contributed by atoms with Crippen molar-refractivity contribution in [2.24, 2.45) is 0 Å². The lowest BCUT2D eigenvalue weighted by Crippen LogP contribution is -1.98. The lowest BCUT2D eigenvalue weighted by molar-refractivity contribution is 0.318. The lowest BCUT2D eigenvalue weighted by atomic mass is 10.2. The van der Waals surface area contributed by atoms with Crippen LogP contribution in [0, 0.1) is 18.3 Å². The van der Waals surface area contributed by atoms with Crippen molar-refractivity contribution in [3.63, 3.8) is 0 Å². The van der Waals surface area contributed by atoms with Crippen LogP contribution in [0.4, 0.5) is 0 Å². The molecule has 0 N–H and O–H groups in total. The van der Waals surface area contributed by atoms with E-state index in [1.54, 1.807) is 23.9 Å². The van der Waals surface area contributed by atoms with Gasteiger partial charge in [0.25, 0.3) is 0 Å². The van der Waals surface area contributed by atoms with Gasteiger partial charge >= 0.3 is 0 Å². The number of pyridine rings is 1. The number of rotatable bonds is 6. The van der Waals surface area contributed by atoms with Crippen LogP contribution >= 0.6 is 11.8 Å². The summed E-state index contributed by atoms with van der Waals surface area (Å²) in [4.78, 5) is 4.34. The third-order valence-electron chi connectivity index (χ3n) is 2.67. The van der Waals surface area contributed by atoms with E-state index in [4.69, 9.17) is 10.00 Å². The van der Waals surface area contributed by atoms with Crippen LogP contribution in [0.25, 0.3) is 0 Å². The van der Waals surface area contributed by atoms with Gasteiger partial charge < -0.3 is 4.74 Å². The van der Waals surface area contributed by atoms with Crippen molar-refractivity contribution < 1.29 is 4.74 Å². The molecule has 0 saturated heterocycles. The molecule has 0 radical (unpaired) electrons. The molecular formula is C16H16N2OS. The van der Waals surface area contributed by atoms with Gasteiger partial charge in [-0.1, -0.05) is 6.07 Å². The molecule has 2 rings (SSSR count). The first-order chi connectivity index (χ1) is 9.78. The summed E-state index contributed by atoms with van der Waals surface area (Å²) in [5, 5.41) is 9.75. The third-order valence-corrected chi connectivity index (χ3v) is 3.71. The first-order valence-electron chi connectivity index (χ1n) is 6.46. The van der Waals surface area contributed by atoms with Crippen molar-refractivity contribution in [3.8, 4) is 11.8 Å². The van der Waals surface area contributed by atoms with Gasteiger partial charge in [0.05, 0.1) is 23.3 Å². The van der Waals surface area contributed by atoms with E-state index in [0.29, 0.717) is 12.2 Å². The van der Waals surface area contributed by atoms with E-state index >= 15 is 0 Å². The molecule has 4 heteroatoms. The maximum Gasteiger partial charge on any atom is 0.119 e. The molecule has 0 aliphatic rings. The van der Waals surface area contributed by atoms with Gasteiger partial charge in [0.2, 0.25) is 0 Å². The summed E-state index contributed by atoms with van der Waals surface area (Å²) >= 11 is 1.74. The average Bonchev–Trinajstić information content (AvgIpc) is 2.49. The number of aryl methyl sites for hydroxylation is 1. The van der Waals surface area contributed by atoms with Gasteiger partial charge in [-0.25, -0.2) is 4.98 Å². The smallest absolute Gasteiger partial charge is 0.119 e. The molecule has 0 saturated carbocycles. The second kappa shape index (κ2) is 7.56. The largest absolute Gasteiger partial charge is 0.494 e. The number of aromatic nitrogens is 1. The Morgan fingerprint density at radius 3 is 2.65 bits per heavy atom. The van der Waals surface area contributed by atoms with Crippen LogP contribution in [-0.4, -0.2) is 17.3 Å². The Morgan fingerprint density at radius 2 is 2.00 bits per heavy atom. The molecule has 20 heavy (non-hydrogen) atoms. The second-order valence-electron chi connectivity index (χ2n) is 4.36. The first kappa shape index (κ1) is 14.4. The molecule has 2 aromatic rings. The van der Waals surface area contributed by atoms with Gasteiger partial charge in [-0.2, -0.15) is 5.26 Å². The van der Waals surface area contributed by atoms with Gasteiger partial charge in [0.15, 0.2) is 0 Å². The van der Waals surface area contributed by atoms with Gasteiger partial charge in [0.1, 0.15) is 5.75 Å². The third kappa shape index (κ3) is 4.60. The van der Waals surface area contributed by atoms with Gasteiger partial charge in [-0.05, 0) is 49.2 Å². The molecule has 0 amide bonds. The van der Waals surface area contributed by atoms with Gasteiger partial charge in [-0.3, -0.25) is 0 Å². The van der Waals surface area contributed by atoms with Crippen LogP contribution in [-0.2, 0) is 0 Å². The molecular weight excluding hydrogens is 268 g/mol.